The largest absolute Gasteiger partial charge is 0.369 e. The Hall–Kier alpha value is -2.38. The van der Waals surface area contributed by atoms with E-state index in [1.165, 1.54) is 5.69 Å². The summed E-state index contributed by atoms with van der Waals surface area (Å²) < 4.78 is 0. The Morgan fingerprint density at radius 2 is 1.65 bits per heavy atom. The van der Waals surface area contributed by atoms with E-state index in [0.29, 0.717) is 5.56 Å². The van der Waals surface area contributed by atoms with E-state index in [1.54, 1.807) is 12.4 Å². The Morgan fingerprint density at radius 3 is 2.26 bits per heavy atom. The highest BCUT2D eigenvalue weighted by Gasteiger charge is 2.14. The number of rotatable bonds is 2. The molecule has 0 radical (unpaired) electrons. The van der Waals surface area contributed by atoms with E-state index in [1.807, 2.05) is 19.9 Å². The minimum absolute atomic E-state index is 0.616. The van der Waals surface area contributed by atoms with E-state index >= 15 is 0 Å². The van der Waals surface area contributed by atoms with Gasteiger partial charge in [0.15, 0.2) is 0 Å². The van der Waals surface area contributed by atoms with Gasteiger partial charge in [0.25, 0.3) is 0 Å². The molecule has 0 N–H and O–H groups in total. The van der Waals surface area contributed by atoms with Gasteiger partial charge in [0.05, 0.1) is 5.56 Å². The summed E-state index contributed by atoms with van der Waals surface area (Å²) in [5.41, 5.74) is 3.87. The highest BCUT2D eigenvalue weighted by atomic mass is 15.2. The van der Waals surface area contributed by atoms with Crippen LogP contribution in [-0.2, 0) is 0 Å². The van der Waals surface area contributed by atoms with Crippen LogP contribution in [0.4, 0.5) is 5.69 Å². The van der Waals surface area contributed by atoms with E-state index in [-0.39, 0.29) is 0 Å². The lowest BCUT2D eigenvalue weighted by Gasteiger charge is -2.34. The van der Waals surface area contributed by atoms with E-state index < -0.39 is 0 Å². The molecule has 0 unspecified atom stereocenters. The minimum Gasteiger partial charge on any atom is -0.369 e. The van der Waals surface area contributed by atoms with Gasteiger partial charge in [-0.25, -0.2) is 0 Å². The maximum Gasteiger partial charge on any atom is 0.101 e. The fourth-order valence-electron chi connectivity index (χ4n) is 2.65. The maximum absolute atomic E-state index is 9.16. The molecule has 120 valence electrons. The van der Waals surface area contributed by atoms with Crippen LogP contribution in [0.2, 0.25) is 0 Å². The first kappa shape index (κ1) is 17.0. The van der Waals surface area contributed by atoms with Crippen LogP contribution in [0.3, 0.4) is 0 Å². The van der Waals surface area contributed by atoms with Crippen LogP contribution in [0.15, 0.2) is 42.7 Å². The summed E-state index contributed by atoms with van der Waals surface area (Å²) in [6, 6.07) is 12.5. The molecule has 1 aliphatic heterocycles. The summed E-state index contributed by atoms with van der Waals surface area (Å²) in [6.45, 7) is 8.33. The second kappa shape index (κ2) is 8.30. The van der Waals surface area contributed by atoms with Crippen LogP contribution in [0.25, 0.3) is 11.1 Å². The number of nitriles is 1. The Balaban J connectivity index is 0.000000924. The summed E-state index contributed by atoms with van der Waals surface area (Å²) in [7, 11) is 2.16. The maximum atomic E-state index is 9.16. The quantitative estimate of drug-likeness (QED) is 0.853. The van der Waals surface area contributed by atoms with Crippen molar-refractivity contribution in [3.05, 3.63) is 48.3 Å². The summed E-state index contributed by atoms with van der Waals surface area (Å²) in [6.07, 6.45) is 3.34. The number of nitrogens with zero attached hydrogens (tertiary/aromatic N) is 4. The Labute approximate surface area is 139 Å². The molecule has 1 fully saturated rings. The van der Waals surface area contributed by atoms with Gasteiger partial charge in [0.2, 0.25) is 0 Å². The molecule has 3 rings (SSSR count). The van der Waals surface area contributed by atoms with Gasteiger partial charge >= 0.3 is 0 Å². The average molecular weight is 308 g/mol. The fraction of sp³-hybridized carbons (Fsp3) is 0.368. The van der Waals surface area contributed by atoms with Gasteiger partial charge in [-0.3, -0.25) is 4.98 Å². The van der Waals surface area contributed by atoms with Gasteiger partial charge in [-0.15, -0.1) is 0 Å². The van der Waals surface area contributed by atoms with Crippen LogP contribution in [0, 0.1) is 11.3 Å². The number of aromatic nitrogens is 1. The van der Waals surface area contributed by atoms with Crippen LogP contribution in [0.5, 0.6) is 0 Å². The first-order chi connectivity index (χ1) is 11.3. The molecule has 1 aliphatic rings. The molecule has 0 bridgehead atoms. The molecule has 23 heavy (non-hydrogen) atoms. The van der Waals surface area contributed by atoms with Crippen LogP contribution >= 0.6 is 0 Å². The van der Waals surface area contributed by atoms with Crippen molar-refractivity contribution < 1.29 is 0 Å². The van der Waals surface area contributed by atoms with Gasteiger partial charge in [-0.05, 0) is 30.8 Å². The van der Waals surface area contributed by atoms with Gasteiger partial charge < -0.3 is 9.80 Å². The molecule has 1 aromatic carbocycles. The third-order valence-corrected chi connectivity index (χ3v) is 3.99. The first-order valence-corrected chi connectivity index (χ1v) is 8.16. The second-order valence-corrected chi connectivity index (χ2v) is 5.37. The minimum atomic E-state index is 0.616. The highest BCUT2D eigenvalue weighted by Crippen LogP contribution is 2.25. The molecule has 0 aliphatic carbocycles. The molecule has 2 aromatic rings. The van der Waals surface area contributed by atoms with Crippen LogP contribution < -0.4 is 4.90 Å². The molecule has 0 saturated carbocycles. The van der Waals surface area contributed by atoms with Crippen molar-refractivity contribution in [2.75, 3.05) is 38.1 Å². The highest BCUT2D eigenvalue weighted by molar-refractivity contribution is 5.71. The van der Waals surface area contributed by atoms with Crippen molar-refractivity contribution in [3.63, 3.8) is 0 Å². The van der Waals surface area contributed by atoms with Crippen molar-refractivity contribution >= 4 is 5.69 Å². The van der Waals surface area contributed by atoms with Crippen molar-refractivity contribution in [3.8, 4) is 17.2 Å². The molecule has 1 aromatic heterocycles. The summed E-state index contributed by atoms with van der Waals surface area (Å²) in [4.78, 5) is 8.76. The zero-order valence-corrected chi connectivity index (χ0v) is 14.2. The number of hydrogen-bond donors (Lipinski definition) is 0. The average Bonchev–Trinajstić information content (AvgIpc) is 2.64. The number of anilines is 1. The van der Waals surface area contributed by atoms with Crippen molar-refractivity contribution in [1.82, 2.24) is 9.88 Å². The predicted molar refractivity (Wildman–Crippen MR) is 95.4 cm³/mol. The van der Waals surface area contributed by atoms with E-state index in [2.05, 4.69) is 52.2 Å². The normalized spacial score (nSPS) is 14.6. The van der Waals surface area contributed by atoms with Gasteiger partial charge in [0, 0.05) is 49.8 Å². The first-order valence-electron chi connectivity index (χ1n) is 8.16. The summed E-state index contributed by atoms with van der Waals surface area (Å²) >= 11 is 0. The Morgan fingerprint density at radius 1 is 1.00 bits per heavy atom. The number of pyridine rings is 1. The van der Waals surface area contributed by atoms with Gasteiger partial charge in [0.1, 0.15) is 6.07 Å². The lowest BCUT2D eigenvalue weighted by molar-refractivity contribution is 0.313. The fourth-order valence-corrected chi connectivity index (χ4v) is 2.65. The zero-order chi connectivity index (χ0) is 16.7. The molecular weight excluding hydrogens is 284 g/mol. The molecule has 4 nitrogen and oxygen atoms in total. The topological polar surface area (TPSA) is 43.2 Å². The number of hydrogen-bond acceptors (Lipinski definition) is 4. The molecule has 0 atom stereocenters. The molecule has 0 spiro atoms. The van der Waals surface area contributed by atoms with Crippen molar-refractivity contribution in [2.45, 2.75) is 13.8 Å². The molecule has 2 heterocycles. The monoisotopic (exact) mass is 308 g/mol. The Bertz CT molecular complexity index is 650. The lowest BCUT2D eigenvalue weighted by Crippen LogP contribution is -2.44. The number of benzene rings is 1. The van der Waals surface area contributed by atoms with Gasteiger partial charge in [-0.1, -0.05) is 26.0 Å². The zero-order valence-electron chi connectivity index (χ0n) is 14.2. The second-order valence-electron chi connectivity index (χ2n) is 5.37. The van der Waals surface area contributed by atoms with Crippen molar-refractivity contribution in [1.29, 1.82) is 5.26 Å². The number of likely N-dealkylation sites (N-methyl/N-ethyl adjacent to an activating group) is 1. The summed E-state index contributed by atoms with van der Waals surface area (Å²) in [5.74, 6) is 0. The molecule has 4 heteroatoms. The van der Waals surface area contributed by atoms with Crippen molar-refractivity contribution in [2.24, 2.45) is 0 Å². The molecule has 0 amide bonds. The third kappa shape index (κ3) is 4.08. The Kier molecular flexibility index (Phi) is 6.13. The van der Waals surface area contributed by atoms with Gasteiger partial charge in [-0.2, -0.15) is 5.26 Å². The smallest absolute Gasteiger partial charge is 0.101 e. The third-order valence-electron chi connectivity index (χ3n) is 3.99. The predicted octanol–water partition coefficient (Wildman–Crippen LogP) is 3.40. The molecular formula is C19H24N4. The van der Waals surface area contributed by atoms with E-state index in [4.69, 9.17) is 5.26 Å². The van der Waals surface area contributed by atoms with E-state index in [9.17, 15) is 0 Å². The van der Waals surface area contributed by atoms with E-state index in [0.717, 1.165) is 37.3 Å². The van der Waals surface area contributed by atoms with Crippen LogP contribution in [-0.4, -0.2) is 43.1 Å². The molecule has 1 saturated heterocycles. The number of piperazine rings is 1. The standard InChI is InChI=1S/C17H18N4.C2H6/c1-20-8-10-21(11-9-20)16-4-2-14(3-5-16)17-6-7-19-13-15(17)12-18;1-2/h2-7,13H,8-11H2,1H3;1-2H3. The summed E-state index contributed by atoms with van der Waals surface area (Å²) in [5, 5.41) is 9.16. The SMILES string of the molecule is CC.CN1CCN(c2ccc(-c3ccncc3C#N)cc2)CC1. The lowest BCUT2D eigenvalue weighted by atomic mass is 10.0. The van der Waals surface area contributed by atoms with Crippen LogP contribution in [0.1, 0.15) is 19.4 Å².